The van der Waals surface area contributed by atoms with Crippen LogP contribution in [0, 0.1) is 11.8 Å². The number of hydrogen-bond acceptors (Lipinski definition) is 4. The van der Waals surface area contributed by atoms with E-state index in [1.54, 1.807) is 11.0 Å². The van der Waals surface area contributed by atoms with Crippen molar-refractivity contribution in [1.29, 1.82) is 0 Å². The Morgan fingerprint density at radius 1 is 1.20 bits per heavy atom. The number of pyridine rings is 1. The first-order valence-corrected chi connectivity index (χ1v) is 7.30. The lowest BCUT2D eigenvalue weighted by atomic mass is 9.79. The zero-order valence-electron chi connectivity index (χ0n) is 12.0. The highest BCUT2D eigenvalue weighted by Crippen LogP contribution is 2.30. The van der Waals surface area contributed by atoms with Crippen molar-refractivity contribution in [3.05, 3.63) is 31.0 Å². The summed E-state index contributed by atoms with van der Waals surface area (Å²) in [4.78, 5) is 8.34. The van der Waals surface area contributed by atoms with E-state index in [1.165, 1.54) is 25.6 Å². The van der Waals surface area contributed by atoms with Crippen molar-refractivity contribution in [2.24, 2.45) is 11.8 Å². The summed E-state index contributed by atoms with van der Waals surface area (Å²) >= 11 is 0. The summed E-state index contributed by atoms with van der Waals surface area (Å²) in [6.07, 6.45) is 8.84. The molecule has 20 heavy (non-hydrogen) atoms. The Kier molecular flexibility index (Phi) is 3.67. The van der Waals surface area contributed by atoms with Crippen molar-refractivity contribution in [2.45, 2.75) is 39.2 Å². The number of rotatable bonds is 3. The van der Waals surface area contributed by atoms with Gasteiger partial charge in [0.25, 0.3) is 0 Å². The van der Waals surface area contributed by atoms with E-state index in [2.05, 4.69) is 40.3 Å². The van der Waals surface area contributed by atoms with Crippen LogP contribution in [0.25, 0.3) is 5.82 Å². The molecule has 3 unspecified atom stereocenters. The van der Waals surface area contributed by atoms with Gasteiger partial charge in [-0.15, -0.1) is 0 Å². The molecule has 1 aliphatic rings. The molecule has 0 spiro atoms. The van der Waals surface area contributed by atoms with Crippen LogP contribution in [0.3, 0.4) is 0 Å². The maximum atomic E-state index is 4.42. The molecule has 5 nitrogen and oxygen atoms in total. The fourth-order valence-corrected chi connectivity index (χ4v) is 2.85. The van der Waals surface area contributed by atoms with Gasteiger partial charge in [-0.25, -0.2) is 14.6 Å². The first-order valence-electron chi connectivity index (χ1n) is 7.30. The zero-order chi connectivity index (χ0) is 13.9. The molecule has 0 bridgehead atoms. The second-order valence-corrected chi connectivity index (χ2v) is 5.85. The van der Waals surface area contributed by atoms with Gasteiger partial charge in [-0.1, -0.05) is 13.8 Å². The van der Waals surface area contributed by atoms with Gasteiger partial charge in [0.2, 0.25) is 0 Å². The van der Waals surface area contributed by atoms with Crippen LogP contribution in [-0.2, 0) is 0 Å². The van der Waals surface area contributed by atoms with E-state index < -0.39 is 0 Å². The highest BCUT2D eigenvalue weighted by atomic mass is 15.3. The minimum Gasteiger partial charge on any atom is -0.381 e. The summed E-state index contributed by atoms with van der Waals surface area (Å²) in [6, 6.07) is 4.60. The molecule has 2 aromatic heterocycles. The van der Waals surface area contributed by atoms with Crippen LogP contribution in [0.2, 0.25) is 0 Å². The Morgan fingerprint density at radius 3 is 2.75 bits per heavy atom. The van der Waals surface area contributed by atoms with E-state index in [1.807, 2.05) is 12.3 Å². The summed E-state index contributed by atoms with van der Waals surface area (Å²) < 4.78 is 1.66. The van der Waals surface area contributed by atoms with Gasteiger partial charge in [-0.05, 0) is 43.2 Å². The maximum absolute atomic E-state index is 4.42. The third kappa shape index (κ3) is 2.81. The van der Waals surface area contributed by atoms with Gasteiger partial charge < -0.3 is 5.32 Å². The van der Waals surface area contributed by atoms with E-state index in [0.29, 0.717) is 6.04 Å². The van der Waals surface area contributed by atoms with E-state index in [0.717, 1.165) is 23.3 Å². The lowest BCUT2D eigenvalue weighted by Crippen LogP contribution is -2.30. The van der Waals surface area contributed by atoms with Crippen LogP contribution in [0.15, 0.2) is 31.0 Å². The highest BCUT2D eigenvalue weighted by Gasteiger charge is 2.24. The molecule has 0 saturated heterocycles. The molecule has 0 amide bonds. The van der Waals surface area contributed by atoms with Crippen molar-refractivity contribution in [3.63, 3.8) is 0 Å². The van der Waals surface area contributed by atoms with Crippen molar-refractivity contribution >= 4 is 5.69 Å². The SMILES string of the molecule is CC1CCC(Nc2ccc(-n3cncn3)nc2)CC1C. The summed E-state index contributed by atoms with van der Waals surface area (Å²) in [6.45, 7) is 4.71. The number of aromatic nitrogens is 4. The molecule has 106 valence electrons. The van der Waals surface area contributed by atoms with Crippen molar-refractivity contribution in [3.8, 4) is 5.82 Å². The monoisotopic (exact) mass is 271 g/mol. The second-order valence-electron chi connectivity index (χ2n) is 5.85. The molecule has 1 saturated carbocycles. The van der Waals surface area contributed by atoms with Crippen LogP contribution in [0.4, 0.5) is 5.69 Å². The molecule has 2 aromatic rings. The molecule has 1 aliphatic carbocycles. The Balaban J connectivity index is 1.64. The van der Waals surface area contributed by atoms with Crippen LogP contribution >= 0.6 is 0 Å². The Bertz CT molecular complexity index is 534. The van der Waals surface area contributed by atoms with Crippen LogP contribution in [0.1, 0.15) is 33.1 Å². The third-order valence-corrected chi connectivity index (χ3v) is 4.37. The number of nitrogens with zero attached hydrogens (tertiary/aromatic N) is 4. The molecule has 0 aliphatic heterocycles. The predicted octanol–water partition coefficient (Wildman–Crippen LogP) is 2.90. The molecule has 3 rings (SSSR count). The lowest BCUT2D eigenvalue weighted by molar-refractivity contribution is 0.261. The van der Waals surface area contributed by atoms with Gasteiger partial charge in [0.05, 0.1) is 11.9 Å². The molecule has 1 N–H and O–H groups in total. The lowest BCUT2D eigenvalue weighted by Gasteiger charge is -2.33. The normalized spacial score (nSPS) is 26.4. The van der Waals surface area contributed by atoms with Gasteiger partial charge in [0.1, 0.15) is 12.7 Å². The molecule has 1 fully saturated rings. The Hall–Kier alpha value is -1.91. The maximum Gasteiger partial charge on any atom is 0.155 e. The van der Waals surface area contributed by atoms with Crippen LogP contribution in [-0.4, -0.2) is 25.8 Å². The summed E-state index contributed by atoms with van der Waals surface area (Å²) in [5, 5.41) is 7.67. The topological polar surface area (TPSA) is 55.6 Å². The molecular weight excluding hydrogens is 250 g/mol. The average molecular weight is 271 g/mol. The van der Waals surface area contributed by atoms with Gasteiger partial charge >= 0.3 is 0 Å². The van der Waals surface area contributed by atoms with Gasteiger partial charge in [-0.3, -0.25) is 0 Å². The number of hydrogen-bond donors (Lipinski definition) is 1. The quantitative estimate of drug-likeness (QED) is 0.932. The predicted molar refractivity (Wildman–Crippen MR) is 78.7 cm³/mol. The van der Waals surface area contributed by atoms with E-state index in [-0.39, 0.29) is 0 Å². The molecule has 3 atom stereocenters. The highest BCUT2D eigenvalue weighted by molar-refractivity contribution is 5.44. The molecular formula is C15H21N5. The van der Waals surface area contributed by atoms with E-state index in [9.17, 15) is 0 Å². The fourth-order valence-electron chi connectivity index (χ4n) is 2.85. The van der Waals surface area contributed by atoms with Crippen molar-refractivity contribution < 1.29 is 0 Å². The largest absolute Gasteiger partial charge is 0.381 e. The summed E-state index contributed by atoms with van der Waals surface area (Å²) in [5.74, 6) is 2.43. The Morgan fingerprint density at radius 2 is 2.10 bits per heavy atom. The molecule has 2 heterocycles. The minimum absolute atomic E-state index is 0.570. The van der Waals surface area contributed by atoms with Crippen molar-refractivity contribution in [1.82, 2.24) is 19.7 Å². The first kappa shape index (κ1) is 13.1. The van der Waals surface area contributed by atoms with Crippen molar-refractivity contribution in [2.75, 3.05) is 5.32 Å². The second kappa shape index (κ2) is 5.61. The number of nitrogens with one attached hydrogen (secondary N) is 1. The third-order valence-electron chi connectivity index (χ3n) is 4.37. The molecule has 0 aromatic carbocycles. The van der Waals surface area contributed by atoms with Gasteiger partial charge in [-0.2, -0.15) is 5.10 Å². The minimum atomic E-state index is 0.570. The van der Waals surface area contributed by atoms with Gasteiger partial charge in [0, 0.05) is 6.04 Å². The fraction of sp³-hybridized carbons (Fsp3) is 0.533. The van der Waals surface area contributed by atoms with Gasteiger partial charge in [0.15, 0.2) is 5.82 Å². The smallest absolute Gasteiger partial charge is 0.155 e. The summed E-state index contributed by atoms with van der Waals surface area (Å²) in [7, 11) is 0. The molecule has 0 radical (unpaired) electrons. The molecule has 5 heteroatoms. The zero-order valence-corrected chi connectivity index (χ0v) is 12.0. The number of anilines is 1. The van der Waals surface area contributed by atoms with Crippen LogP contribution < -0.4 is 5.32 Å². The summed E-state index contributed by atoms with van der Waals surface area (Å²) in [5.41, 5.74) is 1.08. The standard InChI is InChI=1S/C15H21N5/c1-11-3-4-13(7-12(11)2)19-14-5-6-15(17-8-14)20-10-16-9-18-20/h5-6,8-13,19H,3-4,7H2,1-2H3. The van der Waals surface area contributed by atoms with E-state index in [4.69, 9.17) is 0 Å². The Labute approximate surface area is 119 Å². The van der Waals surface area contributed by atoms with Crippen LogP contribution in [0.5, 0.6) is 0 Å². The first-order chi connectivity index (χ1) is 9.72. The van der Waals surface area contributed by atoms with E-state index >= 15 is 0 Å². The average Bonchev–Trinajstić information content (AvgIpc) is 2.98.